The number of benzene rings is 1. The molecular weight excluding hydrogens is 387 g/mol. The topological polar surface area (TPSA) is 89.5 Å². The van der Waals surface area contributed by atoms with Gasteiger partial charge in [0.2, 0.25) is 10.0 Å². The van der Waals surface area contributed by atoms with Crippen molar-refractivity contribution < 1.29 is 31.1 Å². The molecule has 2 rings (SSSR count). The summed E-state index contributed by atoms with van der Waals surface area (Å²) in [6, 6.07) is 4.39. The summed E-state index contributed by atoms with van der Waals surface area (Å²) in [6.07, 6.45) is -2.36. The lowest BCUT2D eigenvalue weighted by atomic mass is 10.1. The molecule has 0 bridgehead atoms. The third kappa shape index (κ3) is 4.54. The molecule has 146 valence electrons. The molecule has 0 aliphatic heterocycles. The number of rotatable bonds is 6. The molecule has 0 aliphatic carbocycles. The Hall–Kier alpha value is -2.69. The first-order valence-electron chi connectivity index (χ1n) is 7.66. The highest BCUT2D eigenvalue weighted by Gasteiger charge is 2.35. The maximum Gasteiger partial charge on any atom is 0.416 e. The molecule has 0 unspecified atom stereocenters. The lowest BCUT2D eigenvalue weighted by Crippen LogP contribution is -2.34. The second-order valence-electron chi connectivity index (χ2n) is 5.30. The molecule has 1 aromatic heterocycles. The van der Waals surface area contributed by atoms with Crippen LogP contribution >= 0.6 is 0 Å². The van der Waals surface area contributed by atoms with Crippen molar-refractivity contribution in [2.24, 2.45) is 0 Å². The summed E-state index contributed by atoms with van der Waals surface area (Å²) < 4.78 is 70.4. The Labute approximate surface area is 153 Å². The number of methoxy groups -OCH3 is 1. The Morgan fingerprint density at radius 1 is 1.19 bits per heavy atom. The third-order valence-corrected chi connectivity index (χ3v) is 5.36. The molecule has 0 aliphatic rings. The van der Waals surface area contributed by atoms with Crippen molar-refractivity contribution in [3.8, 4) is 0 Å². The lowest BCUT2D eigenvalue weighted by Gasteiger charge is -2.23. The van der Waals surface area contributed by atoms with Crippen molar-refractivity contribution in [3.63, 3.8) is 0 Å². The van der Waals surface area contributed by atoms with E-state index in [1.54, 1.807) is 0 Å². The summed E-state index contributed by atoms with van der Waals surface area (Å²) in [4.78, 5) is 19.5. The van der Waals surface area contributed by atoms with Crippen LogP contribution in [-0.4, -0.2) is 38.0 Å². The lowest BCUT2D eigenvalue weighted by molar-refractivity contribution is -0.138. The molecule has 27 heavy (non-hydrogen) atoms. The van der Waals surface area contributed by atoms with Crippen molar-refractivity contribution in [1.29, 1.82) is 0 Å². The first-order valence-corrected chi connectivity index (χ1v) is 9.27. The van der Waals surface area contributed by atoms with Gasteiger partial charge in [0, 0.05) is 18.9 Å². The van der Waals surface area contributed by atoms with Gasteiger partial charge in [-0.1, -0.05) is 18.2 Å². The summed E-state index contributed by atoms with van der Waals surface area (Å²) in [5.41, 5.74) is -1.81. The first-order chi connectivity index (χ1) is 12.6. The molecule has 0 saturated carbocycles. The SMILES string of the molecule is CCN(c1nccnc1C(=O)OC)S(=O)(=O)Cc1ccccc1C(F)(F)F. The molecule has 0 fully saturated rings. The number of nitrogens with zero attached hydrogens (tertiary/aromatic N) is 3. The van der Waals surface area contributed by atoms with Crippen molar-refractivity contribution in [2.75, 3.05) is 18.0 Å². The summed E-state index contributed by atoms with van der Waals surface area (Å²) in [5, 5.41) is 0. The second-order valence-corrected chi connectivity index (χ2v) is 7.19. The number of ether oxygens (including phenoxy) is 1. The third-order valence-electron chi connectivity index (χ3n) is 3.58. The second kappa shape index (κ2) is 7.91. The Morgan fingerprint density at radius 3 is 2.41 bits per heavy atom. The minimum atomic E-state index is -4.70. The van der Waals surface area contributed by atoms with Crippen molar-refractivity contribution in [3.05, 3.63) is 53.5 Å². The molecule has 0 amide bonds. The van der Waals surface area contributed by atoms with E-state index in [2.05, 4.69) is 14.7 Å². The quantitative estimate of drug-likeness (QED) is 0.689. The van der Waals surface area contributed by atoms with E-state index in [1.165, 1.54) is 31.5 Å². The smallest absolute Gasteiger partial charge is 0.416 e. The fourth-order valence-corrected chi connectivity index (χ4v) is 4.02. The van der Waals surface area contributed by atoms with Gasteiger partial charge < -0.3 is 4.74 Å². The highest BCUT2D eigenvalue weighted by Crippen LogP contribution is 2.33. The van der Waals surface area contributed by atoms with Gasteiger partial charge in [-0.25, -0.2) is 23.2 Å². The van der Waals surface area contributed by atoms with Crippen LogP contribution in [0.5, 0.6) is 0 Å². The number of hydrogen-bond donors (Lipinski definition) is 0. The zero-order valence-corrected chi connectivity index (χ0v) is 15.2. The number of carbonyl (C=O) groups excluding carboxylic acids is 1. The number of esters is 1. The van der Waals surface area contributed by atoms with E-state index in [0.717, 1.165) is 23.5 Å². The van der Waals surface area contributed by atoms with Gasteiger partial charge in [-0.05, 0) is 18.6 Å². The van der Waals surface area contributed by atoms with Crippen LogP contribution in [0.25, 0.3) is 0 Å². The van der Waals surface area contributed by atoms with Crippen molar-refractivity contribution in [1.82, 2.24) is 9.97 Å². The van der Waals surface area contributed by atoms with Gasteiger partial charge in [-0.3, -0.25) is 4.31 Å². The molecular formula is C16H16F3N3O4S. The predicted octanol–water partition coefficient (Wildman–Crippen LogP) is 2.64. The van der Waals surface area contributed by atoms with Gasteiger partial charge in [0.05, 0.1) is 18.4 Å². The maximum absolute atomic E-state index is 13.2. The van der Waals surface area contributed by atoms with Crippen LogP contribution in [-0.2, 0) is 26.7 Å². The summed E-state index contributed by atoms with van der Waals surface area (Å²) >= 11 is 0. The van der Waals surface area contributed by atoms with E-state index in [1.807, 2.05) is 0 Å². The molecule has 2 aromatic rings. The van der Waals surface area contributed by atoms with E-state index in [0.29, 0.717) is 0 Å². The molecule has 0 saturated heterocycles. The molecule has 11 heteroatoms. The van der Waals surface area contributed by atoms with E-state index in [9.17, 15) is 26.4 Å². The number of alkyl halides is 3. The largest absolute Gasteiger partial charge is 0.464 e. The summed E-state index contributed by atoms with van der Waals surface area (Å²) in [5.74, 6) is -2.15. The van der Waals surface area contributed by atoms with Crippen LogP contribution in [0.3, 0.4) is 0 Å². The van der Waals surface area contributed by atoms with Crippen LogP contribution in [0.2, 0.25) is 0 Å². The van der Waals surface area contributed by atoms with Crippen LogP contribution < -0.4 is 4.31 Å². The van der Waals surface area contributed by atoms with E-state index in [4.69, 9.17) is 0 Å². The Kier molecular flexibility index (Phi) is 6.04. The fraction of sp³-hybridized carbons (Fsp3) is 0.312. The normalized spacial score (nSPS) is 11.9. The molecule has 0 N–H and O–H groups in total. The number of aromatic nitrogens is 2. The predicted molar refractivity (Wildman–Crippen MR) is 90.5 cm³/mol. The van der Waals surface area contributed by atoms with Gasteiger partial charge in [-0.15, -0.1) is 0 Å². The molecule has 1 aromatic carbocycles. The van der Waals surface area contributed by atoms with E-state index < -0.39 is 39.0 Å². The van der Waals surface area contributed by atoms with Gasteiger partial charge in [0.15, 0.2) is 11.5 Å². The number of hydrogen-bond acceptors (Lipinski definition) is 6. The van der Waals surface area contributed by atoms with Crippen LogP contribution in [0.1, 0.15) is 28.5 Å². The first kappa shape index (κ1) is 20.6. The van der Waals surface area contributed by atoms with Gasteiger partial charge in [0.1, 0.15) is 0 Å². The molecule has 0 radical (unpaired) electrons. The summed E-state index contributed by atoms with van der Waals surface area (Å²) in [6.45, 7) is 1.29. The maximum atomic E-state index is 13.2. The van der Waals surface area contributed by atoms with Crippen LogP contribution in [0.15, 0.2) is 36.7 Å². The average Bonchev–Trinajstić information content (AvgIpc) is 2.61. The highest BCUT2D eigenvalue weighted by molar-refractivity contribution is 7.92. The highest BCUT2D eigenvalue weighted by atomic mass is 32.2. The minimum absolute atomic E-state index is 0.167. The molecule has 7 nitrogen and oxygen atoms in total. The van der Waals surface area contributed by atoms with E-state index in [-0.39, 0.29) is 18.1 Å². The summed E-state index contributed by atoms with van der Waals surface area (Å²) in [7, 11) is -3.21. The number of anilines is 1. The van der Waals surface area contributed by atoms with Crippen molar-refractivity contribution in [2.45, 2.75) is 18.9 Å². The Morgan fingerprint density at radius 2 is 1.81 bits per heavy atom. The zero-order valence-electron chi connectivity index (χ0n) is 14.4. The molecule has 0 atom stereocenters. The number of sulfonamides is 1. The fourth-order valence-electron chi connectivity index (χ4n) is 2.43. The van der Waals surface area contributed by atoms with Crippen LogP contribution in [0, 0.1) is 0 Å². The Balaban J connectivity index is 2.49. The Bertz CT molecular complexity index is 933. The average molecular weight is 403 g/mol. The molecule has 1 heterocycles. The van der Waals surface area contributed by atoms with Crippen LogP contribution in [0.4, 0.5) is 19.0 Å². The number of halogens is 3. The standard InChI is InChI=1S/C16H16F3N3O4S/c1-3-22(14-13(15(23)26-2)20-8-9-21-14)27(24,25)10-11-6-4-5-7-12(11)16(17,18)19/h4-9H,3,10H2,1-2H3. The monoisotopic (exact) mass is 403 g/mol. The van der Waals surface area contributed by atoms with Gasteiger partial charge in [0.25, 0.3) is 0 Å². The molecule has 0 spiro atoms. The zero-order chi connectivity index (χ0) is 20.2. The minimum Gasteiger partial charge on any atom is -0.464 e. The van der Waals surface area contributed by atoms with E-state index >= 15 is 0 Å². The van der Waals surface area contributed by atoms with Crippen molar-refractivity contribution >= 4 is 21.8 Å². The number of carbonyl (C=O) groups is 1. The van der Waals surface area contributed by atoms with Gasteiger partial charge in [-0.2, -0.15) is 13.2 Å². The van der Waals surface area contributed by atoms with Gasteiger partial charge >= 0.3 is 12.1 Å².